The summed E-state index contributed by atoms with van der Waals surface area (Å²) in [4.78, 5) is 36.1. The van der Waals surface area contributed by atoms with E-state index in [-0.39, 0.29) is 16.9 Å². The fraction of sp³-hybridized carbons (Fsp3) is 0.0455. The van der Waals surface area contributed by atoms with Crippen LogP contribution in [0.2, 0.25) is 0 Å². The Morgan fingerprint density at radius 3 is 2.13 bits per heavy atom. The Morgan fingerprint density at radius 1 is 0.767 bits per heavy atom. The lowest BCUT2D eigenvalue weighted by molar-refractivity contribution is -0.125. The summed E-state index contributed by atoms with van der Waals surface area (Å²) in [7, 11) is 0. The number of esters is 1. The van der Waals surface area contributed by atoms with Crippen molar-refractivity contribution in [2.75, 3.05) is 6.61 Å². The highest BCUT2D eigenvalue weighted by molar-refractivity contribution is 5.96. The van der Waals surface area contributed by atoms with E-state index in [4.69, 9.17) is 9.47 Å². The molecular formula is C22H17FN2O5. The largest absolute Gasteiger partial charge is 0.456 e. The predicted molar refractivity (Wildman–Crippen MR) is 105 cm³/mol. The lowest BCUT2D eigenvalue weighted by atomic mass is 10.2. The van der Waals surface area contributed by atoms with Crippen molar-refractivity contribution in [1.82, 2.24) is 10.9 Å². The van der Waals surface area contributed by atoms with Crippen molar-refractivity contribution in [2.45, 2.75) is 0 Å². The molecule has 0 aliphatic carbocycles. The SMILES string of the molecule is O=C(COC(=O)c1ccccc1Oc1ccccc1)NNC(=O)c1ccccc1F. The van der Waals surface area contributed by atoms with Crippen LogP contribution in [-0.2, 0) is 9.53 Å². The summed E-state index contributed by atoms with van der Waals surface area (Å²) in [5.41, 5.74) is 4.00. The van der Waals surface area contributed by atoms with E-state index in [0.29, 0.717) is 5.75 Å². The molecule has 2 N–H and O–H groups in total. The monoisotopic (exact) mass is 408 g/mol. The maximum Gasteiger partial charge on any atom is 0.342 e. The fourth-order valence-electron chi connectivity index (χ4n) is 2.42. The molecule has 0 aliphatic rings. The standard InChI is InChI=1S/C22H17FN2O5/c23-18-12-6-4-10-16(18)21(27)25-24-20(26)14-29-22(28)17-11-5-7-13-19(17)30-15-8-2-1-3-9-15/h1-13H,14H2,(H,24,26)(H,25,27). The van der Waals surface area contributed by atoms with Crippen LogP contribution < -0.4 is 15.6 Å². The molecule has 0 aromatic heterocycles. The summed E-state index contributed by atoms with van der Waals surface area (Å²) in [5.74, 6) is -2.35. The highest BCUT2D eigenvalue weighted by Gasteiger charge is 2.17. The molecule has 8 heteroatoms. The summed E-state index contributed by atoms with van der Waals surface area (Å²) < 4.78 is 24.2. The second-order valence-corrected chi connectivity index (χ2v) is 5.97. The highest BCUT2D eigenvalue weighted by atomic mass is 19.1. The molecule has 0 aliphatic heterocycles. The molecule has 0 fully saturated rings. The van der Waals surface area contributed by atoms with Crippen molar-refractivity contribution in [3.8, 4) is 11.5 Å². The van der Waals surface area contributed by atoms with Crippen molar-refractivity contribution < 1.29 is 28.2 Å². The Labute approximate surface area is 171 Å². The number of nitrogens with one attached hydrogen (secondary N) is 2. The summed E-state index contributed by atoms with van der Waals surface area (Å²) >= 11 is 0. The van der Waals surface area contributed by atoms with Crippen molar-refractivity contribution in [3.63, 3.8) is 0 Å². The van der Waals surface area contributed by atoms with Gasteiger partial charge in [-0.1, -0.05) is 42.5 Å². The summed E-state index contributed by atoms with van der Waals surface area (Å²) in [6.07, 6.45) is 0. The number of ether oxygens (including phenoxy) is 2. The molecule has 3 aromatic rings. The zero-order valence-electron chi connectivity index (χ0n) is 15.6. The minimum Gasteiger partial charge on any atom is -0.456 e. The molecule has 0 unspecified atom stereocenters. The van der Waals surface area contributed by atoms with Crippen molar-refractivity contribution >= 4 is 17.8 Å². The molecule has 7 nitrogen and oxygen atoms in total. The van der Waals surface area contributed by atoms with E-state index in [1.54, 1.807) is 42.5 Å². The van der Waals surface area contributed by atoms with E-state index in [0.717, 1.165) is 6.07 Å². The van der Waals surface area contributed by atoms with Gasteiger partial charge in [0.2, 0.25) is 0 Å². The number of rotatable bonds is 6. The van der Waals surface area contributed by atoms with Gasteiger partial charge in [0.25, 0.3) is 11.8 Å². The maximum absolute atomic E-state index is 13.5. The molecule has 3 rings (SSSR count). The lowest BCUT2D eigenvalue weighted by Crippen LogP contribution is -2.43. The van der Waals surface area contributed by atoms with Gasteiger partial charge in [0, 0.05) is 0 Å². The molecule has 0 atom stereocenters. The van der Waals surface area contributed by atoms with Gasteiger partial charge in [0.05, 0.1) is 5.56 Å². The van der Waals surface area contributed by atoms with Gasteiger partial charge in [-0.05, 0) is 36.4 Å². The Balaban J connectivity index is 1.54. The first-order valence-electron chi connectivity index (χ1n) is 8.87. The zero-order chi connectivity index (χ0) is 21.3. The number of para-hydroxylation sites is 2. The van der Waals surface area contributed by atoms with Crippen LogP contribution in [0.3, 0.4) is 0 Å². The molecule has 0 spiro atoms. The van der Waals surface area contributed by atoms with Gasteiger partial charge in [0.1, 0.15) is 22.9 Å². The van der Waals surface area contributed by atoms with Crippen molar-refractivity contribution in [1.29, 1.82) is 0 Å². The second kappa shape index (κ2) is 9.83. The molecule has 0 saturated carbocycles. The topological polar surface area (TPSA) is 93.7 Å². The summed E-state index contributed by atoms with van der Waals surface area (Å²) in [5, 5.41) is 0. The van der Waals surface area contributed by atoms with Crippen LogP contribution in [0.5, 0.6) is 11.5 Å². The number of carbonyl (C=O) groups is 3. The van der Waals surface area contributed by atoms with Gasteiger partial charge in [-0.15, -0.1) is 0 Å². The third-order valence-electron chi connectivity index (χ3n) is 3.85. The fourth-order valence-corrected chi connectivity index (χ4v) is 2.42. The Hall–Kier alpha value is -4.20. The van der Waals surface area contributed by atoms with Gasteiger partial charge < -0.3 is 9.47 Å². The average Bonchev–Trinajstić information content (AvgIpc) is 2.77. The minimum atomic E-state index is -0.839. The zero-order valence-corrected chi connectivity index (χ0v) is 15.6. The van der Waals surface area contributed by atoms with E-state index >= 15 is 0 Å². The Bertz CT molecular complexity index is 1060. The van der Waals surface area contributed by atoms with Crippen LogP contribution in [0.25, 0.3) is 0 Å². The van der Waals surface area contributed by atoms with E-state index in [1.165, 1.54) is 24.3 Å². The second-order valence-electron chi connectivity index (χ2n) is 5.97. The summed E-state index contributed by atoms with van der Waals surface area (Å²) in [6, 6.07) is 20.6. The van der Waals surface area contributed by atoms with Crippen LogP contribution >= 0.6 is 0 Å². The normalized spacial score (nSPS) is 10.0. The molecular weight excluding hydrogens is 391 g/mol. The molecule has 2 amide bonds. The van der Waals surface area contributed by atoms with E-state index in [2.05, 4.69) is 10.9 Å². The van der Waals surface area contributed by atoms with Gasteiger partial charge >= 0.3 is 5.97 Å². The van der Waals surface area contributed by atoms with E-state index in [1.807, 2.05) is 6.07 Å². The number of hydrogen-bond acceptors (Lipinski definition) is 5. The molecule has 30 heavy (non-hydrogen) atoms. The molecule has 0 bridgehead atoms. The summed E-state index contributed by atoms with van der Waals surface area (Å²) in [6.45, 7) is -0.657. The van der Waals surface area contributed by atoms with Gasteiger partial charge in [-0.3, -0.25) is 20.4 Å². The Kier molecular flexibility index (Phi) is 6.73. The first kappa shape index (κ1) is 20.5. The van der Waals surface area contributed by atoms with Crippen LogP contribution in [0.4, 0.5) is 4.39 Å². The number of halogens is 1. The van der Waals surface area contributed by atoms with Gasteiger partial charge in [-0.25, -0.2) is 9.18 Å². The number of carbonyl (C=O) groups excluding carboxylic acids is 3. The maximum atomic E-state index is 13.5. The first-order chi connectivity index (χ1) is 14.5. The number of hydrogen-bond donors (Lipinski definition) is 2. The average molecular weight is 408 g/mol. The molecule has 3 aromatic carbocycles. The number of hydrazine groups is 1. The van der Waals surface area contributed by atoms with Crippen LogP contribution in [0.15, 0.2) is 78.9 Å². The quantitative estimate of drug-likeness (QED) is 0.483. The number of amides is 2. The van der Waals surface area contributed by atoms with Crippen molar-refractivity contribution in [2.24, 2.45) is 0 Å². The van der Waals surface area contributed by atoms with Gasteiger partial charge in [0.15, 0.2) is 6.61 Å². The smallest absolute Gasteiger partial charge is 0.342 e. The molecule has 152 valence electrons. The van der Waals surface area contributed by atoms with Crippen LogP contribution in [0, 0.1) is 5.82 Å². The lowest BCUT2D eigenvalue weighted by Gasteiger charge is -2.11. The van der Waals surface area contributed by atoms with E-state index < -0.39 is 30.2 Å². The third-order valence-corrected chi connectivity index (χ3v) is 3.85. The molecule has 0 saturated heterocycles. The Morgan fingerprint density at radius 2 is 1.40 bits per heavy atom. The third kappa shape index (κ3) is 5.41. The van der Waals surface area contributed by atoms with E-state index in [9.17, 15) is 18.8 Å². The van der Waals surface area contributed by atoms with Crippen molar-refractivity contribution in [3.05, 3.63) is 95.8 Å². The highest BCUT2D eigenvalue weighted by Crippen LogP contribution is 2.25. The minimum absolute atomic E-state index is 0.129. The molecule has 0 heterocycles. The number of benzene rings is 3. The van der Waals surface area contributed by atoms with Crippen LogP contribution in [-0.4, -0.2) is 24.4 Å². The predicted octanol–water partition coefficient (Wildman–Crippen LogP) is 3.24. The van der Waals surface area contributed by atoms with Crippen LogP contribution in [0.1, 0.15) is 20.7 Å². The van der Waals surface area contributed by atoms with Gasteiger partial charge in [-0.2, -0.15) is 0 Å². The molecule has 0 radical (unpaired) electrons. The first-order valence-corrected chi connectivity index (χ1v) is 8.87.